The number of amides is 1. The smallest absolute Gasteiger partial charge is 0.360 e. The Morgan fingerprint density at radius 2 is 1.88 bits per heavy atom. The molecular formula is C17H24N4O4S. The number of oxazole rings is 1. The van der Waals surface area contributed by atoms with E-state index in [-0.39, 0.29) is 35.4 Å². The summed E-state index contributed by atoms with van der Waals surface area (Å²) in [5.74, 6) is -0.493. The van der Waals surface area contributed by atoms with Crippen LogP contribution in [0.15, 0.2) is 16.1 Å². The monoisotopic (exact) mass is 380 g/mol. The number of nitrogens with zero attached hydrogens (tertiary/aromatic N) is 2. The van der Waals surface area contributed by atoms with Crippen LogP contribution in [0.4, 0.5) is 0 Å². The summed E-state index contributed by atoms with van der Waals surface area (Å²) in [7, 11) is 1.26. The van der Waals surface area contributed by atoms with Gasteiger partial charge in [0.25, 0.3) is 5.91 Å². The number of nitrogens with two attached hydrogens (primary N) is 1. The number of ether oxygens (including phenoxy) is 1. The number of aromatic nitrogens is 2. The van der Waals surface area contributed by atoms with Gasteiger partial charge < -0.3 is 20.2 Å². The highest BCUT2D eigenvalue weighted by molar-refractivity contribution is 7.09. The normalized spacial score (nSPS) is 13.7. The standard InChI is InChI=1S/C17H24N4O4S/c1-8(2)12(18)16-20-11(7-26-16)14(22)21-13(9(3)4)15-19-10(6-25-15)17(23)24-5/h6-9,12-13H,18H2,1-5H3,(H,21,22)/t12-,13-/m0/s1. The predicted molar refractivity (Wildman–Crippen MR) is 96.8 cm³/mol. The number of hydrogen-bond donors (Lipinski definition) is 2. The van der Waals surface area contributed by atoms with Crippen LogP contribution in [0.5, 0.6) is 0 Å². The Balaban J connectivity index is 2.16. The van der Waals surface area contributed by atoms with E-state index in [2.05, 4.69) is 20.0 Å². The molecule has 2 atom stereocenters. The Labute approximate surface area is 156 Å². The Morgan fingerprint density at radius 3 is 2.46 bits per heavy atom. The highest BCUT2D eigenvalue weighted by Gasteiger charge is 2.27. The molecule has 0 saturated heterocycles. The minimum absolute atomic E-state index is 0.0147. The van der Waals surface area contributed by atoms with Gasteiger partial charge in [0, 0.05) is 5.38 Å². The first-order chi connectivity index (χ1) is 12.2. The maximum atomic E-state index is 12.6. The summed E-state index contributed by atoms with van der Waals surface area (Å²) >= 11 is 1.36. The molecule has 0 aromatic carbocycles. The van der Waals surface area contributed by atoms with E-state index in [0.29, 0.717) is 5.69 Å². The molecule has 0 radical (unpaired) electrons. The van der Waals surface area contributed by atoms with Crippen LogP contribution >= 0.6 is 11.3 Å². The second kappa shape index (κ2) is 8.41. The van der Waals surface area contributed by atoms with Crippen LogP contribution < -0.4 is 11.1 Å². The van der Waals surface area contributed by atoms with Crippen molar-refractivity contribution in [3.05, 3.63) is 33.9 Å². The first-order valence-corrected chi connectivity index (χ1v) is 9.18. The Bertz CT molecular complexity index is 768. The number of carbonyl (C=O) groups excluding carboxylic acids is 2. The third-order valence-electron chi connectivity index (χ3n) is 3.89. The molecule has 2 heterocycles. The Kier molecular flexibility index (Phi) is 6.49. The predicted octanol–water partition coefficient (Wildman–Crippen LogP) is 2.70. The third kappa shape index (κ3) is 4.47. The molecule has 0 aliphatic heterocycles. The van der Waals surface area contributed by atoms with Crippen molar-refractivity contribution in [2.75, 3.05) is 7.11 Å². The lowest BCUT2D eigenvalue weighted by Gasteiger charge is -2.18. The molecule has 0 saturated carbocycles. The summed E-state index contributed by atoms with van der Waals surface area (Å²) in [5, 5.41) is 5.26. The van der Waals surface area contributed by atoms with Crippen molar-refractivity contribution >= 4 is 23.2 Å². The fourth-order valence-electron chi connectivity index (χ4n) is 2.19. The number of hydrogen-bond acceptors (Lipinski definition) is 8. The van der Waals surface area contributed by atoms with Gasteiger partial charge in [0.05, 0.1) is 13.2 Å². The molecule has 2 rings (SSSR count). The fourth-order valence-corrected chi connectivity index (χ4v) is 3.16. The highest BCUT2D eigenvalue weighted by Crippen LogP contribution is 2.25. The average molecular weight is 380 g/mol. The summed E-state index contributed by atoms with van der Waals surface area (Å²) < 4.78 is 9.97. The number of esters is 1. The molecule has 2 aromatic rings. The second-order valence-electron chi connectivity index (χ2n) is 6.60. The van der Waals surface area contributed by atoms with Crippen LogP contribution in [-0.4, -0.2) is 29.0 Å². The minimum atomic E-state index is -0.597. The maximum Gasteiger partial charge on any atom is 0.360 e. The van der Waals surface area contributed by atoms with Crippen molar-refractivity contribution in [1.29, 1.82) is 0 Å². The molecule has 0 aliphatic rings. The van der Waals surface area contributed by atoms with Crippen LogP contribution in [0.25, 0.3) is 0 Å². The Hall–Kier alpha value is -2.26. The number of methoxy groups -OCH3 is 1. The van der Waals surface area contributed by atoms with Gasteiger partial charge >= 0.3 is 5.97 Å². The van der Waals surface area contributed by atoms with Crippen molar-refractivity contribution in [2.24, 2.45) is 17.6 Å². The summed E-state index contributed by atoms with van der Waals surface area (Å²) in [6, 6.07) is -0.721. The molecule has 2 aromatic heterocycles. The lowest BCUT2D eigenvalue weighted by molar-refractivity contribution is 0.0594. The first kappa shape index (κ1) is 20.1. The topological polar surface area (TPSA) is 120 Å². The van der Waals surface area contributed by atoms with E-state index < -0.39 is 12.0 Å². The SMILES string of the molecule is COC(=O)c1coc([C@@H](NC(=O)c2csc([C@@H](N)C(C)C)n2)C(C)C)n1. The van der Waals surface area contributed by atoms with Crippen LogP contribution in [0.2, 0.25) is 0 Å². The summed E-state index contributed by atoms with van der Waals surface area (Å²) in [6.07, 6.45) is 1.21. The minimum Gasteiger partial charge on any atom is -0.464 e. The van der Waals surface area contributed by atoms with Gasteiger partial charge in [-0.3, -0.25) is 4.79 Å². The zero-order valence-corrected chi connectivity index (χ0v) is 16.3. The van der Waals surface area contributed by atoms with Gasteiger partial charge in [-0.25, -0.2) is 14.8 Å². The van der Waals surface area contributed by atoms with E-state index in [1.807, 2.05) is 27.7 Å². The number of rotatable bonds is 7. The van der Waals surface area contributed by atoms with Gasteiger partial charge in [-0.2, -0.15) is 0 Å². The van der Waals surface area contributed by atoms with Crippen LogP contribution in [0, 0.1) is 11.8 Å². The van der Waals surface area contributed by atoms with E-state index in [0.717, 1.165) is 5.01 Å². The molecule has 9 heteroatoms. The maximum absolute atomic E-state index is 12.6. The second-order valence-corrected chi connectivity index (χ2v) is 7.49. The lowest BCUT2D eigenvalue weighted by atomic mass is 10.0. The summed E-state index contributed by atoms with van der Waals surface area (Å²) in [6.45, 7) is 7.83. The summed E-state index contributed by atoms with van der Waals surface area (Å²) in [5.41, 5.74) is 6.44. The Morgan fingerprint density at radius 1 is 1.19 bits per heavy atom. The van der Waals surface area contributed by atoms with Crippen LogP contribution in [0.1, 0.15) is 71.7 Å². The van der Waals surface area contributed by atoms with Crippen molar-refractivity contribution in [3.8, 4) is 0 Å². The molecule has 26 heavy (non-hydrogen) atoms. The average Bonchev–Trinajstić information content (AvgIpc) is 3.27. The quantitative estimate of drug-likeness (QED) is 0.708. The van der Waals surface area contributed by atoms with Gasteiger partial charge in [0.1, 0.15) is 23.0 Å². The summed E-state index contributed by atoms with van der Waals surface area (Å²) in [4.78, 5) is 32.6. The largest absolute Gasteiger partial charge is 0.464 e. The van der Waals surface area contributed by atoms with Crippen molar-refractivity contribution < 1.29 is 18.7 Å². The van der Waals surface area contributed by atoms with Gasteiger partial charge in [-0.15, -0.1) is 11.3 Å². The molecule has 142 valence electrons. The number of nitrogens with one attached hydrogen (secondary N) is 1. The molecule has 1 amide bonds. The fraction of sp³-hybridized carbons (Fsp3) is 0.529. The number of thiazole rings is 1. The molecule has 8 nitrogen and oxygen atoms in total. The van der Waals surface area contributed by atoms with Crippen molar-refractivity contribution in [3.63, 3.8) is 0 Å². The van der Waals surface area contributed by atoms with E-state index >= 15 is 0 Å². The molecule has 3 N–H and O–H groups in total. The van der Waals surface area contributed by atoms with Crippen LogP contribution in [0.3, 0.4) is 0 Å². The van der Waals surface area contributed by atoms with Gasteiger partial charge in [-0.1, -0.05) is 27.7 Å². The van der Waals surface area contributed by atoms with Gasteiger partial charge in [0.2, 0.25) is 5.89 Å². The molecule has 0 unspecified atom stereocenters. The van der Waals surface area contributed by atoms with E-state index in [1.165, 1.54) is 24.7 Å². The number of carbonyl (C=O) groups is 2. The van der Waals surface area contributed by atoms with Gasteiger partial charge in [-0.05, 0) is 11.8 Å². The van der Waals surface area contributed by atoms with Crippen molar-refractivity contribution in [2.45, 2.75) is 39.8 Å². The zero-order chi connectivity index (χ0) is 19.4. The van der Waals surface area contributed by atoms with Crippen molar-refractivity contribution in [1.82, 2.24) is 15.3 Å². The highest BCUT2D eigenvalue weighted by atomic mass is 32.1. The zero-order valence-electron chi connectivity index (χ0n) is 15.5. The lowest BCUT2D eigenvalue weighted by Crippen LogP contribution is -2.32. The van der Waals surface area contributed by atoms with E-state index in [4.69, 9.17) is 10.2 Å². The molecule has 0 bridgehead atoms. The third-order valence-corrected chi connectivity index (χ3v) is 4.84. The molecule has 0 aliphatic carbocycles. The first-order valence-electron chi connectivity index (χ1n) is 8.30. The van der Waals surface area contributed by atoms with E-state index in [9.17, 15) is 9.59 Å². The molecule has 0 fully saturated rings. The van der Waals surface area contributed by atoms with Crippen LogP contribution in [-0.2, 0) is 4.74 Å². The van der Waals surface area contributed by atoms with Gasteiger partial charge in [0.15, 0.2) is 5.69 Å². The molecular weight excluding hydrogens is 356 g/mol. The molecule has 0 spiro atoms. The van der Waals surface area contributed by atoms with E-state index in [1.54, 1.807) is 5.38 Å².